The maximum absolute atomic E-state index is 3.61. The maximum atomic E-state index is 3.61. The van der Waals surface area contributed by atoms with Crippen molar-refractivity contribution in [2.75, 3.05) is 6.54 Å². The summed E-state index contributed by atoms with van der Waals surface area (Å²) in [4.78, 5) is 0. The fourth-order valence-electron chi connectivity index (χ4n) is 2.68. The molecule has 84 valence electrons. The van der Waals surface area contributed by atoms with Crippen molar-refractivity contribution in [1.82, 2.24) is 9.88 Å². The van der Waals surface area contributed by atoms with Crippen LogP contribution in [0.15, 0.2) is 42.1 Å². The number of aromatic nitrogens is 1. The quantitative estimate of drug-likeness (QED) is 0.760. The highest BCUT2D eigenvalue weighted by Crippen LogP contribution is 2.29. The fraction of sp³-hybridized carbons (Fsp3) is 0.429. The molecule has 1 aromatic rings. The Morgan fingerprint density at radius 2 is 2.38 bits per heavy atom. The highest BCUT2D eigenvalue weighted by Gasteiger charge is 2.22. The van der Waals surface area contributed by atoms with Crippen molar-refractivity contribution >= 4 is 0 Å². The molecule has 2 nitrogen and oxygen atoms in total. The van der Waals surface area contributed by atoms with E-state index in [-0.39, 0.29) is 0 Å². The van der Waals surface area contributed by atoms with E-state index in [4.69, 9.17) is 0 Å². The number of rotatable bonds is 1. The van der Waals surface area contributed by atoms with Gasteiger partial charge in [0.1, 0.15) is 0 Å². The lowest BCUT2D eigenvalue weighted by Gasteiger charge is -2.29. The number of allylic oxidation sites excluding steroid dienone is 2. The molecule has 3 rings (SSSR count). The van der Waals surface area contributed by atoms with Gasteiger partial charge in [-0.2, -0.15) is 0 Å². The molecule has 1 aromatic heterocycles. The smallest absolute Gasteiger partial charge is 0.0728 e. The molecule has 2 heterocycles. The van der Waals surface area contributed by atoms with Gasteiger partial charge in [-0.3, -0.25) is 0 Å². The lowest BCUT2D eigenvalue weighted by atomic mass is 9.92. The molecule has 0 bridgehead atoms. The highest BCUT2D eigenvalue weighted by atomic mass is 15.1. The van der Waals surface area contributed by atoms with Crippen LogP contribution in [0.4, 0.5) is 0 Å². The first-order chi connectivity index (χ1) is 7.84. The molecule has 2 aliphatic rings. The monoisotopic (exact) mass is 214 g/mol. The largest absolute Gasteiger partial charge is 0.348 e. The maximum Gasteiger partial charge on any atom is 0.0728 e. The van der Waals surface area contributed by atoms with E-state index in [0.29, 0.717) is 12.0 Å². The van der Waals surface area contributed by atoms with E-state index in [1.54, 1.807) is 0 Å². The summed E-state index contributed by atoms with van der Waals surface area (Å²) in [5, 5.41) is 3.61. The van der Waals surface area contributed by atoms with Crippen LogP contribution in [0.25, 0.3) is 0 Å². The molecule has 1 N–H and O–H groups in total. The van der Waals surface area contributed by atoms with Crippen LogP contribution >= 0.6 is 0 Å². The minimum absolute atomic E-state index is 0.391. The lowest BCUT2D eigenvalue weighted by molar-refractivity contribution is 0.463. The highest BCUT2D eigenvalue weighted by molar-refractivity contribution is 5.35. The lowest BCUT2D eigenvalue weighted by Crippen LogP contribution is -2.34. The van der Waals surface area contributed by atoms with Crippen molar-refractivity contribution in [2.45, 2.75) is 25.9 Å². The van der Waals surface area contributed by atoms with Crippen LogP contribution in [0.1, 0.15) is 25.1 Å². The summed E-state index contributed by atoms with van der Waals surface area (Å²) in [5.74, 6) is 0.673. The Bertz CT molecular complexity index is 439. The van der Waals surface area contributed by atoms with Gasteiger partial charge in [0.25, 0.3) is 0 Å². The van der Waals surface area contributed by atoms with E-state index in [1.807, 2.05) is 0 Å². The summed E-state index contributed by atoms with van der Waals surface area (Å²) < 4.78 is 2.36. The van der Waals surface area contributed by atoms with Gasteiger partial charge in [0.05, 0.1) is 6.04 Å². The van der Waals surface area contributed by atoms with Gasteiger partial charge in [-0.1, -0.05) is 25.2 Å². The summed E-state index contributed by atoms with van der Waals surface area (Å²) in [6.45, 7) is 4.43. The topological polar surface area (TPSA) is 17.0 Å². The SMILES string of the molecule is CC1C=C(C2NCCn3cccc32)C=CC1. The van der Waals surface area contributed by atoms with Crippen LogP contribution in [0.3, 0.4) is 0 Å². The molecule has 2 atom stereocenters. The average molecular weight is 214 g/mol. The van der Waals surface area contributed by atoms with E-state index < -0.39 is 0 Å². The Hall–Kier alpha value is -1.28. The van der Waals surface area contributed by atoms with E-state index in [2.05, 4.69) is 53.4 Å². The molecular formula is C14H18N2. The van der Waals surface area contributed by atoms with Gasteiger partial charge in [0.15, 0.2) is 0 Å². The first kappa shape index (κ1) is 9.91. The van der Waals surface area contributed by atoms with Gasteiger partial charge in [-0.15, -0.1) is 0 Å². The van der Waals surface area contributed by atoms with Crippen molar-refractivity contribution in [3.05, 3.63) is 47.8 Å². The van der Waals surface area contributed by atoms with Gasteiger partial charge in [-0.25, -0.2) is 0 Å². The zero-order valence-electron chi connectivity index (χ0n) is 9.69. The zero-order valence-corrected chi connectivity index (χ0v) is 9.69. The van der Waals surface area contributed by atoms with Gasteiger partial charge in [0.2, 0.25) is 0 Å². The van der Waals surface area contributed by atoms with Crippen LogP contribution in [0.2, 0.25) is 0 Å². The van der Waals surface area contributed by atoms with E-state index >= 15 is 0 Å². The van der Waals surface area contributed by atoms with Gasteiger partial charge in [-0.05, 0) is 30.0 Å². The minimum Gasteiger partial charge on any atom is -0.348 e. The molecule has 2 unspecified atom stereocenters. The Morgan fingerprint density at radius 1 is 1.44 bits per heavy atom. The van der Waals surface area contributed by atoms with Crippen molar-refractivity contribution in [2.24, 2.45) is 5.92 Å². The Morgan fingerprint density at radius 3 is 3.25 bits per heavy atom. The summed E-state index contributed by atoms with van der Waals surface area (Å²) >= 11 is 0. The molecule has 2 heteroatoms. The standard InChI is InChI=1S/C14H18N2/c1-11-4-2-5-12(10-11)14-13-6-3-8-16(13)9-7-15-14/h2-3,5-6,8,10-11,14-15H,4,7,9H2,1H3. The van der Waals surface area contributed by atoms with Crippen molar-refractivity contribution < 1.29 is 0 Å². The van der Waals surface area contributed by atoms with Crippen LogP contribution in [0, 0.1) is 5.92 Å². The second kappa shape index (κ2) is 3.95. The number of nitrogens with one attached hydrogen (secondary N) is 1. The summed E-state index contributed by atoms with van der Waals surface area (Å²) in [6, 6.07) is 4.76. The predicted octanol–water partition coefficient (Wildman–Crippen LogP) is 2.65. The van der Waals surface area contributed by atoms with Crippen LogP contribution in [-0.4, -0.2) is 11.1 Å². The third-order valence-corrected chi connectivity index (χ3v) is 3.49. The summed E-state index contributed by atoms with van der Waals surface area (Å²) in [5.41, 5.74) is 2.83. The Kier molecular flexibility index (Phi) is 2.44. The number of nitrogens with zero attached hydrogens (tertiary/aromatic N) is 1. The van der Waals surface area contributed by atoms with Gasteiger partial charge >= 0.3 is 0 Å². The molecule has 0 aromatic carbocycles. The molecule has 0 fully saturated rings. The fourth-order valence-corrected chi connectivity index (χ4v) is 2.68. The number of hydrogen-bond donors (Lipinski definition) is 1. The predicted molar refractivity (Wildman–Crippen MR) is 66.2 cm³/mol. The number of fused-ring (bicyclic) bond motifs is 1. The summed E-state index contributed by atoms with van der Waals surface area (Å²) in [6.07, 6.45) is 10.3. The van der Waals surface area contributed by atoms with Crippen LogP contribution < -0.4 is 5.32 Å². The molecule has 16 heavy (non-hydrogen) atoms. The van der Waals surface area contributed by atoms with Crippen LogP contribution in [-0.2, 0) is 6.54 Å². The minimum atomic E-state index is 0.391. The normalized spacial score (nSPS) is 28.7. The molecule has 0 amide bonds. The molecule has 1 aliphatic carbocycles. The van der Waals surface area contributed by atoms with Gasteiger partial charge in [0, 0.05) is 25.0 Å². The zero-order chi connectivity index (χ0) is 11.0. The van der Waals surface area contributed by atoms with E-state index in [0.717, 1.165) is 13.1 Å². The average Bonchev–Trinajstić information content (AvgIpc) is 2.76. The molecule has 0 spiro atoms. The van der Waals surface area contributed by atoms with Crippen molar-refractivity contribution in [3.63, 3.8) is 0 Å². The molecule has 0 saturated carbocycles. The Balaban J connectivity index is 1.95. The first-order valence-corrected chi connectivity index (χ1v) is 6.11. The second-order valence-corrected chi connectivity index (χ2v) is 4.80. The van der Waals surface area contributed by atoms with E-state index in [9.17, 15) is 0 Å². The second-order valence-electron chi connectivity index (χ2n) is 4.80. The van der Waals surface area contributed by atoms with Crippen molar-refractivity contribution in [3.8, 4) is 0 Å². The third kappa shape index (κ3) is 1.63. The molecular weight excluding hydrogens is 196 g/mol. The third-order valence-electron chi connectivity index (χ3n) is 3.49. The van der Waals surface area contributed by atoms with Gasteiger partial charge < -0.3 is 9.88 Å². The van der Waals surface area contributed by atoms with Crippen molar-refractivity contribution in [1.29, 1.82) is 0 Å². The molecule has 0 radical (unpaired) electrons. The summed E-state index contributed by atoms with van der Waals surface area (Å²) in [7, 11) is 0. The molecule has 1 aliphatic heterocycles. The molecule has 0 saturated heterocycles. The van der Waals surface area contributed by atoms with E-state index in [1.165, 1.54) is 17.7 Å². The Labute approximate surface area is 96.7 Å². The van der Waals surface area contributed by atoms with Crippen LogP contribution in [0.5, 0.6) is 0 Å². The first-order valence-electron chi connectivity index (χ1n) is 6.11. The number of hydrogen-bond acceptors (Lipinski definition) is 1.